The molecule has 1 aromatic rings. The molecule has 0 aliphatic heterocycles. The maximum atomic E-state index is 10.6. The number of hydrogen-bond donors (Lipinski definition) is 2. The molecule has 6 heteroatoms. The highest BCUT2D eigenvalue weighted by Crippen LogP contribution is 2.12. The molecule has 5 nitrogen and oxygen atoms in total. The average Bonchev–Trinajstić information content (AvgIpc) is 2.01. The molecule has 1 rings (SSSR count). The highest BCUT2D eigenvalue weighted by atomic mass is 32.2. The molecule has 0 spiro atoms. The van der Waals surface area contributed by atoms with Crippen molar-refractivity contribution < 1.29 is 22.9 Å². The number of carboxylic acids is 1. The lowest BCUT2D eigenvalue weighted by Crippen LogP contribution is -1.99. The van der Waals surface area contributed by atoms with Crippen molar-refractivity contribution in [1.29, 1.82) is 0 Å². The predicted octanol–water partition coefficient (Wildman–Crippen LogP) is 1.33. The second-order valence-electron chi connectivity index (χ2n) is 2.76. The van der Waals surface area contributed by atoms with Gasteiger partial charge in [-0.05, 0) is 18.6 Å². The number of aryl methyl sites for hydroxylation is 1. The fraction of sp³-hybridized carbons (Fsp3) is 0.222. The van der Waals surface area contributed by atoms with Gasteiger partial charge in [0.15, 0.2) is 0 Å². The van der Waals surface area contributed by atoms with E-state index in [1.54, 1.807) is 25.1 Å². The predicted molar refractivity (Wildman–Crippen MR) is 54.3 cm³/mol. The minimum absolute atomic E-state index is 0.0278. The van der Waals surface area contributed by atoms with E-state index < -0.39 is 16.1 Å². The van der Waals surface area contributed by atoms with Crippen LogP contribution in [0.5, 0.6) is 0 Å². The Morgan fingerprint density at radius 3 is 1.93 bits per heavy atom. The molecule has 0 atom stereocenters. The first-order valence-corrected chi connectivity index (χ1v) is 5.42. The first-order valence-electron chi connectivity index (χ1n) is 3.98. The fourth-order valence-electron chi connectivity index (χ4n) is 0.846. The lowest BCUT2D eigenvalue weighted by Gasteiger charge is -1.99. The quantitative estimate of drug-likeness (QED) is 0.713. The highest BCUT2D eigenvalue weighted by molar-refractivity contribution is 7.85. The van der Waals surface area contributed by atoms with Gasteiger partial charge in [0.05, 0.1) is 4.90 Å². The van der Waals surface area contributed by atoms with E-state index >= 15 is 0 Å². The van der Waals surface area contributed by atoms with Crippen LogP contribution in [-0.4, -0.2) is 24.0 Å². The minimum Gasteiger partial charge on any atom is -0.481 e. The zero-order valence-electron chi connectivity index (χ0n) is 8.34. The van der Waals surface area contributed by atoms with Crippen molar-refractivity contribution >= 4 is 16.1 Å². The van der Waals surface area contributed by atoms with Crippen LogP contribution in [0.2, 0.25) is 0 Å². The Kier molecular flexibility index (Phi) is 4.96. The molecule has 0 aromatic heterocycles. The Morgan fingerprint density at radius 1 is 1.27 bits per heavy atom. The summed E-state index contributed by atoms with van der Waals surface area (Å²) in [4.78, 5) is 8.97. The van der Waals surface area contributed by atoms with E-state index in [-0.39, 0.29) is 4.90 Å². The van der Waals surface area contributed by atoms with Gasteiger partial charge < -0.3 is 5.11 Å². The van der Waals surface area contributed by atoms with Crippen molar-refractivity contribution in [3.8, 4) is 0 Å². The third-order valence-electron chi connectivity index (χ3n) is 1.37. The second kappa shape index (κ2) is 5.47. The molecule has 0 saturated carbocycles. The van der Waals surface area contributed by atoms with Crippen molar-refractivity contribution in [3.63, 3.8) is 0 Å². The number of hydrogen-bond acceptors (Lipinski definition) is 3. The van der Waals surface area contributed by atoms with E-state index in [0.29, 0.717) is 5.56 Å². The molecule has 0 fully saturated rings. The zero-order chi connectivity index (χ0) is 12.1. The number of benzene rings is 1. The van der Waals surface area contributed by atoms with Gasteiger partial charge in [0, 0.05) is 6.92 Å². The summed E-state index contributed by atoms with van der Waals surface area (Å²) in [5.74, 6) is -0.833. The van der Waals surface area contributed by atoms with Crippen LogP contribution in [0.3, 0.4) is 0 Å². The summed E-state index contributed by atoms with van der Waals surface area (Å²) >= 11 is 0. The van der Waals surface area contributed by atoms with Gasteiger partial charge in [0.1, 0.15) is 0 Å². The van der Waals surface area contributed by atoms with Gasteiger partial charge >= 0.3 is 0 Å². The van der Waals surface area contributed by atoms with Gasteiger partial charge in [-0.1, -0.05) is 18.2 Å². The van der Waals surface area contributed by atoms with Gasteiger partial charge in [0.2, 0.25) is 0 Å². The standard InChI is InChI=1S/C7H8O3S.C2H4O2/c1-6-4-2-3-5-7(6)11(8,9)10;1-2(3)4/h2-5H,1H3,(H,8,9,10);1H3,(H,3,4). The van der Waals surface area contributed by atoms with E-state index in [0.717, 1.165) is 6.92 Å². The Balaban J connectivity index is 0.000000423. The Bertz CT molecular complexity index is 432. The molecular weight excluding hydrogens is 220 g/mol. The maximum Gasteiger partial charge on any atom is 0.300 e. The van der Waals surface area contributed by atoms with Crippen LogP contribution < -0.4 is 0 Å². The third kappa shape index (κ3) is 5.82. The molecule has 0 aliphatic rings. The third-order valence-corrected chi connectivity index (χ3v) is 2.39. The van der Waals surface area contributed by atoms with E-state index in [2.05, 4.69) is 0 Å². The molecule has 0 heterocycles. The number of carboxylic acid groups (broad SMARTS) is 1. The van der Waals surface area contributed by atoms with E-state index in [4.69, 9.17) is 14.5 Å². The fourth-order valence-corrected chi connectivity index (χ4v) is 1.57. The molecule has 1 aromatic carbocycles. The second-order valence-corrected chi connectivity index (χ2v) is 4.15. The van der Waals surface area contributed by atoms with Crippen LogP contribution in [0, 0.1) is 6.92 Å². The zero-order valence-corrected chi connectivity index (χ0v) is 9.15. The summed E-state index contributed by atoms with van der Waals surface area (Å²) in [6.45, 7) is 2.71. The maximum absolute atomic E-state index is 10.6. The largest absolute Gasteiger partial charge is 0.481 e. The SMILES string of the molecule is CC(=O)O.Cc1ccccc1S(=O)(=O)O. The molecule has 84 valence electrons. The van der Waals surface area contributed by atoms with Crippen LogP contribution in [0.4, 0.5) is 0 Å². The number of carbonyl (C=O) groups is 1. The van der Waals surface area contributed by atoms with Crippen LogP contribution in [-0.2, 0) is 14.9 Å². The van der Waals surface area contributed by atoms with Gasteiger partial charge in [0.25, 0.3) is 16.1 Å². The summed E-state index contributed by atoms with van der Waals surface area (Å²) in [5, 5.41) is 7.42. The monoisotopic (exact) mass is 232 g/mol. The summed E-state index contributed by atoms with van der Waals surface area (Å²) in [6, 6.07) is 6.27. The Hall–Kier alpha value is -1.40. The Labute approximate surface area is 88.1 Å². The van der Waals surface area contributed by atoms with E-state index in [9.17, 15) is 8.42 Å². The van der Waals surface area contributed by atoms with Gasteiger partial charge in [-0.2, -0.15) is 8.42 Å². The van der Waals surface area contributed by atoms with Crippen molar-refractivity contribution in [2.45, 2.75) is 18.7 Å². The highest BCUT2D eigenvalue weighted by Gasteiger charge is 2.10. The molecule has 0 saturated heterocycles. The lowest BCUT2D eigenvalue weighted by molar-refractivity contribution is -0.134. The average molecular weight is 232 g/mol. The van der Waals surface area contributed by atoms with Crippen molar-refractivity contribution in [3.05, 3.63) is 29.8 Å². The topological polar surface area (TPSA) is 91.7 Å². The molecule has 2 N–H and O–H groups in total. The first-order chi connectivity index (χ1) is 6.75. The normalized spacial score (nSPS) is 10.1. The summed E-state index contributed by atoms with van der Waals surface area (Å²) in [5.41, 5.74) is 0.551. The van der Waals surface area contributed by atoms with E-state index in [1.807, 2.05) is 0 Å². The van der Waals surface area contributed by atoms with Crippen LogP contribution in [0.1, 0.15) is 12.5 Å². The minimum atomic E-state index is -4.03. The smallest absolute Gasteiger partial charge is 0.300 e. The van der Waals surface area contributed by atoms with Crippen LogP contribution in [0.15, 0.2) is 29.2 Å². The number of rotatable bonds is 1. The molecule has 0 amide bonds. The molecule has 15 heavy (non-hydrogen) atoms. The van der Waals surface area contributed by atoms with Gasteiger partial charge in [-0.3, -0.25) is 9.35 Å². The van der Waals surface area contributed by atoms with Crippen LogP contribution in [0.25, 0.3) is 0 Å². The van der Waals surface area contributed by atoms with Gasteiger partial charge in [-0.25, -0.2) is 0 Å². The molecule has 0 unspecified atom stereocenters. The molecule has 0 aliphatic carbocycles. The summed E-state index contributed by atoms with van der Waals surface area (Å²) in [7, 11) is -4.03. The first kappa shape index (κ1) is 13.6. The lowest BCUT2D eigenvalue weighted by atomic mass is 10.2. The summed E-state index contributed by atoms with van der Waals surface area (Å²) < 4.78 is 29.9. The van der Waals surface area contributed by atoms with Crippen LogP contribution >= 0.6 is 0 Å². The van der Waals surface area contributed by atoms with Crippen molar-refractivity contribution in [2.75, 3.05) is 0 Å². The number of aliphatic carboxylic acids is 1. The molecular formula is C9H12O5S. The molecule has 0 radical (unpaired) electrons. The Morgan fingerprint density at radius 2 is 1.67 bits per heavy atom. The van der Waals surface area contributed by atoms with E-state index in [1.165, 1.54) is 6.07 Å². The van der Waals surface area contributed by atoms with Crippen molar-refractivity contribution in [2.24, 2.45) is 0 Å². The van der Waals surface area contributed by atoms with Gasteiger partial charge in [-0.15, -0.1) is 0 Å². The van der Waals surface area contributed by atoms with Crippen molar-refractivity contribution in [1.82, 2.24) is 0 Å². The summed E-state index contributed by atoms with van der Waals surface area (Å²) in [6.07, 6.45) is 0. The molecule has 0 bridgehead atoms.